The molecule has 0 radical (unpaired) electrons. The summed E-state index contributed by atoms with van der Waals surface area (Å²) in [4.78, 5) is 12.3. The number of ether oxygens (including phenoxy) is 1. The highest BCUT2D eigenvalue weighted by molar-refractivity contribution is 5.96. The van der Waals surface area contributed by atoms with Crippen LogP contribution in [0.3, 0.4) is 0 Å². The second-order valence-electron chi connectivity index (χ2n) is 5.38. The van der Waals surface area contributed by atoms with Crippen LogP contribution in [0, 0.1) is 6.92 Å². The lowest BCUT2D eigenvalue weighted by atomic mass is 10.1. The molecule has 0 unspecified atom stereocenters. The lowest BCUT2D eigenvalue weighted by molar-refractivity contribution is 0.0949. The number of hydrogen-bond donors (Lipinski definition) is 2. The van der Waals surface area contributed by atoms with E-state index in [4.69, 9.17) is 4.74 Å². The lowest BCUT2D eigenvalue weighted by Crippen LogP contribution is -2.19. The highest BCUT2D eigenvalue weighted by Crippen LogP contribution is 2.22. The van der Waals surface area contributed by atoms with Crippen LogP contribution in [0.5, 0.6) is 5.75 Å². The average molecular weight is 334 g/mol. The number of hydrogen-bond acceptors (Lipinski definition) is 4. The number of hydrazone groups is 1. The van der Waals surface area contributed by atoms with Crippen molar-refractivity contribution in [2.24, 2.45) is 5.10 Å². The number of rotatable bonds is 5. The SMILES string of the molecule is COc1ccccc1/C=N\NC(=O)c1[nH]nc(-c2ccccc2)c1C. The molecule has 0 aliphatic carbocycles. The van der Waals surface area contributed by atoms with Crippen molar-refractivity contribution in [1.29, 1.82) is 0 Å². The summed E-state index contributed by atoms with van der Waals surface area (Å²) in [6, 6.07) is 17.1. The molecule has 2 N–H and O–H groups in total. The number of nitrogens with one attached hydrogen (secondary N) is 2. The van der Waals surface area contributed by atoms with Crippen molar-refractivity contribution in [2.45, 2.75) is 6.92 Å². The predicted molar refractivity (Wildman–Crippen MR) is 96.8 cm³/mol. The van der Waals surface area contributed by atoms with Crippen molar-refractivity contribution in [2.75, 3.05) is 7.11 Å². The summed E-state index contributed by atoms with van der Waals surface area (Å²) in [6.07, 6.45) is 1.54. The zero-order valence-electron chi connectivity index (χ0n) is 14.0. The number of carbonyl (C=O) groups excluding carboxylic acids is 1. The fourth-order valence-electron chi connectivity index (χ4n) is 2.49. The first kappa shape index (κ1) is 16.4. The Labute approximate surface area is 145 Å². The molecule has 0 saturated heterocycles. The Hall–Kier alpha value is -3.41. The fourth-order valence-corrected chi connectivity index (χ4v) is 2.49. The molecule has 3 rings (SSSR count). The number of aromatic amines is 1. The Morgan fingerprint density at radius 3 is 2.64 bits per heavy atom. The van der Waals surface area contributed by atoms with Gasteiger partial charge in [-0.05, 0) is 19.1 Å². The molecule has 0 spiro atoms. The molecule has 1 amide bonds. The third-order valence-electron chi connectivity index (χ3n) is 3.79. The average Bonchev–Trinajstić information content (AvgIpc) is 3.04. The molecule has 2 aromatic carbocycles. The van der Waals surface area contributed by atoms with Crippen LogP contribution in [0.25, 0.3) is 11.3 Å². The van der Waals surface area contributed by atoms with Crippen LogP contribution >= 0.6 is 0 Å². The van der Waals surface area contributed by atoms with E-state index in [-0.39, 0.29) is 5.91 Å². The molecule has 6 heteroatoms. The van der Waals surface area contributed by atoms with Gasteiger partial charge in [-0.15, -0.1) is 0 Å². The summed E-state index contributed by atoms with van der Waals surface area (Å²) in [5.41, 5.74) is 6.14. The first-order chi connectivity index (χ1) is 12.2. The molecule has 0 aliphatic rings. The molecule has 0 saturated carbocycles. The van der Waals surface area contributed by atoms with Crippen LogP contribution in [-0.2, 0) is 0 Å². The zero-order chi connectivity index (χ0) is 17.6. The number of carbonyl (C=O) groups is 1. The van der Waals surface area contributed by atoms with Crippen LogP contribution in [0.4, 0.5) is 0 Å². The molecule has 6 nitrogen and oxygen atoms in total. The molecule has 3 aromatic rings. The Kier molecular flexibility index (Phi) is 4.89. The molecular weight excluding hydrogens is 316 g/mol. The quantitative estimate of drug-likeness (QED) is 0.556. The summed E-state index contributed by atoms with van der Waals surface area (Å²) >= 11 is 0. The third-order valence-corrected chi connectivity index (χ3v) is 3.79. The second kappa shape index (κ2) is 7.44. The standard InChI is InChI=1S/C19H18N4O2/c1-13-17(14-8-4-3-5-9-14)21-22-18(13)19(24)23-20-12-15-10-6-7-11-16(15)25-2/h3-12H,1-2H3,(H,21,22)(H,23,24)/b20-12-. The van der Waals surface area contributed by atoms with Crippen LogP contribution in [-0.4, -0.2) is 29.4 Å². The fraction of sp³-hybridized carbons (Fsp3) is 0.105. The van der Waals surface area contributed by atoms with Crippen molar-refractivity contribution in [3.05, 3.63) is 71.4 Å². The van der Waals surface area contributed by atoms with Gasteiger partial charge in [-0.3, -0.25) is 9.89 Å². The van der Waals surface area contributed by atoms with Crippen molar-refractivity contribution < 1.29 is 9.53 Å². The molecule has 0 bridgehead atoms. The van der Waals surface area contributed by atoms with Gasteiger partial charge in [0, 0.05) is 16.7 Å². The maximum Gasteiger partial charge on any atom is 0.289 e. The maximum atomic E-state index is 12.3. The minimum atomic E-state index is -0.349. The Balaban J connectivity index is 1.74. The number of methoxy groups -OCH3 is 1. The van der Waals surface area contributed by atoms with E-state index in [1.165, 1.54) is 0 Å². The number of para-hydroxylation sites is 1. The van der Waals surface area contributed by atoms with Crippen LogP contribution < -0.4 is 10.2 Å². The molecule has 0 fully saturated rings. The largest absolute Gasteiger partial charge is 0.496 e. The van der Waals surface area contributed by atoms with Crippen molar-refractivity contribution in [3.63, 3.8) is 0 Å². The van der Waals surface area contributed by atoms with E-state index in [0.717, 1.165) is 22.4 Å². The van der Waals surface area contributed by atoms with Gasteiger partial charge in [0.2, 0.25) is 0 Å². The van der Waals surface area contributed by atoms with Gasteiger partial charge in [0.1, 0.15) is 11.4 Å². The Bertz CT molecular complexity index is 901. The van der Waals surface area contributed by atoms with E-state index in [0.29, 0.717) is 11.4 Å². The topological polar surface area (TPSA) is 79.4 Å². The van der Waals surface area contributed by atoms with Crippen molar-refractivity contribution in [1.82, 2.24) is 15.6 Å². The van der Waals surface area contributed by atoms with E-state index in [9.17, 15) is 4.79 Å². The number of nitrogens with zero attached hydrogens (tertiary/aromatic N) is 2. The summed E-state index contributed by atoms with van der Waals surface area (Å²) in [7, 11) is 1.59. The number of H-pyrrole nitrogens is 1. The second-order valence-corrected chi connectivity index (χ2v) is 5.38. The third kappa shape index (κ3) is 3.58. The zero-order valence-corrected chi connectivity index (χ0v) is 14.0. The van der Waals surface area contributed by atoms with Gasteiger partial charge in [-0.25, -0.2) is 5.43 Å². The van der Waals surface area contributed by atoms with Gasteiger partial charge in [0.05, 0.1) is 19.0 Å². The van der Waals surface area contributed by atoms with Crippen LogP contribution in [0.2, 0.25) is 0 Å². The van der Waals surface area contributed by atoms with Crippen molar-refractivity contribution >= 4 is 12.1 Å². The highest BCUT2D eigenvalue weighted by Gasteiger charge is 2.16. The Morgan fingerprint density at radius 2 is 1.88 bits per heavy atom. The van der Waals surface area contributed by atoms with Gasteiger partial charge in [-0.2, -0.15) is 10.2 Å². The maximum absolute atomic E-state index is 12.3. The summed E-state index contributed by atoms with van der Waals surface area (Å²) in [5.74, 6) is 0.336. The number of aromatic nitrogens is 2. The minimum Gasteiger partial charge on any atom is -0.496 e. The predicted octanol–water partition coefficient (Wildman–Crippen LogP) is 3.16. The van der Waals surface area contributed by atoms with E-state index < -0.39 is 0 Å². The van der Waals surface area contributed by atoms with Crippen molar-refractivity contribution in [3.8, 4) is 17.0 Å². The van der Waals surface area contributed by atoms with Crippen LogP contribution in [0.15, 0.2) is 59.7 Å². The molecule has 0 aliphatic heterocycles. The normalized spacial score (nSPS) is 10.8. The van der Waals surface area contributed by atoms with Crippen LogP contribution in [0.1, 0.15) is 21.6 Å². The smallest absolute Gasteiger partial charge is 0.289 e. The van der Waals surface area contributed by atoms with Gasteiger partial charge >= 0.3 is 0 Å². The van der Waals surface area contributed by atoms with Gasteiger partial charge in [-0.1, -0.05) is 42.5 Å². The first-order valence-corrected chi connectivity index (χ1v) is 7.77. The minimum absolute atomic E-state index is 0.349. The number of amides is 1. The Morgan fingerprint density at radius 1 is 1.16 bits per heavy atom. The molecule has 1 aromatic heterocycles. The highest BCUT2D eigenvalue weighted by atomic mass is 16.5. The van der Waals surface area contributed by atoms with Gasteiger partial charge in [0.15, 0.2) is 0 Å². The van der Waals surface area contributed by atoms with E-state index in [1.807, 2.05) is 61.5 Å². The summed E-state index contributed by atoms with van der Waals surface area (Å²) in [6.45, 7) is 1.85. The van der Waals surface area contributed by atoms with E-state index >= 15 is 0 Å². The monoisotopic (exact) mass is 334 g/mol. The number of benzene rings is 2. The van der Waals surface area contributed by atoms with Gasteiger partial charge in [0.25, 0.3) is 5.91 Å². The molecule has 0 atom stereocenters. The molecule has 126 valence electrons. The van der Waals surface area contributed by atoms with E-state index in [1.54, 1.807) is 13.3 Å². The molecule has 1 heterocycles. The molecular formula is C19H18N4O2. The first-order valence-electron chi connectivity index (χ1n) is 7.77. The van der Waals surface area contributed by atoms with Gasteiger partial charge < -0.3 is 4.74 Å². The summed E-state index contributed by atoms with van der Waals surface area (Å²) < 4.78 is 5.24. The lowest BCUT2D eigenvalue weighted by Gasteiger charge is -2.03. The molecule has 25 heavy (non-hydrogen) atoms. The van der Waals surface area contributed by atoms with E-state index in [2.05, 4.69) is 20.7 Å². The summed E-state index contributed by atoms with van der Waals surface area (Å²) in [5, 5.41) is 11.0.